The van der Waals surface area contributed by atoms with Gasteiger partial charge < -0.3 is 5.32 Å². The predicted molar refractivity (Wildman–Crippen MR) is 68.3 cm³/mol. The third-order valence-corrected chi connectivity index (χ3v) is 2.56. The van der Waals surface area contributed by atoms with Crippen molar-refractivity contribution in [3.8, 4) is 6.07 Å². The van der Waals surface area contributed by atoms with Gasteiger partial charge in [0.25, 0.3) is 5.69 Å². The summed E-state index contributed by atoms with van der Waals surface area (Å²) in [5, 5.41) is 26.8. The molecule has 0 saturated carbocycles. The number of rotatable bonds is 4. The molecule has 0 atom stereocenters. The van der Waals surface area contributed by atoms with E-state index in [4.69, 9.17) is 5.26 Å². The topological polar surface area (TPSA) is 96.8 Å². The van der Waals surface area contributed by atoms with Crippen LogP contribution in [-0.2, 0) is 13.6 Å². The van der Waals surface area contributed by atoms with Crippen LogP contribution in [0.2, 0.25) is 0 Å². The van der Waals surface area contributed by atoms with Crippen LogP contribution >= 0.6 is 0 Å². The second-order valence-electron chi connectivity index (χ2n) is 3.94. The number of anilines is 1. The molecule has 0 aliphatic heterocycles. The largest absolute Gasteiger partial charge is 0.379 e. The number of aromatic nitrogens is 2. The molecule has 0 amide bonds. The average molecular weight is 257 g/mol. The summed E-state index contributed by atoms with van der Waals surface area (Å²) in [4.78, 5) is 10.1. The van der Waals surface area contributed by atoms with E-state index in [1.807, 2.05) is 25.4 Å². The maximum Gasteiger partial charge on any atom is 0.287 e. The quantitative estimate of drug-likeness (QED) is 0.665. The van der Waals surface area contributed by atoms with Gasteiger partial charge in [0.2, 0.25) is 0 Å². The van der Waals surface area contributed by atoms with Crippen molar-refractivity contribution in [2.45, 2.75) is 6.54 Å². The van der Waals surface area contributed by atoms with Gasteiger partial charge in [-0.2, -0.15) is 10.4 Å². The number of hydrogen-bond donors (Lipinski definition) is 1. The van der Waals surface area contributed by atoms with Gasteiger partial charge in [0.15, 0.2) is 0 Å². The van der Waals surface area contributed by atoms with E-state index in [0.717, 1.165) is 5.69 Å². The van der Waals surface area contributed by atoms with Crippen molar-refractivity contribution < 1.29 is 4.92 Å². The van der Waals surface area contributed by atoms with Gasteiger partial charge in [0, 0.05) is 25.0 Å². The zero-order chi connectivity index (χ0) is 13.8. The number of nitrogens with zero attached hydrogens (tertiary/aromatic N) is 4. The first kappa shape index (κ1) is 12.6. The van der Waals surface area contributed by atoms with E-state index in [9.17, 15) is 10.1 Å². The molecule has 1 aromatic heterocycles. The standard InChI is InChI=1S/C12H11N5O2/c1-16-5-4-11(15-16)8-14-10-2-3-12(17(18)19)9(6-10)7-13/h2-6,14H,8H2,1H3. The Kier molecular flexibility index (Phi) is 3.43. The molecular formula is C12H11N5O2. The van der Waals surface area contributed by atoms with Crippen LogP contribution in [-0.4, -0.2) is 14.7 Å². The third-order valence-electron chi connectivity index (χ3n) is 2.56. The van der Waals surface area contributed by atoms with Crippen LogP contribution in [0.4, 0.5) is 11.4 Å². The molecule has 1 N–H and O–H groups in total. The fourth-order valence-electron chi connectivity index (χ4n) is 1.64. The molecule has 0 aliphatic carbocycles. The number of nitriles is 1. The first-order valence-electron chi connectivity index (χ1n) is 5.51. The lowest BCUT2D eigenvalue weighted by atomic mass is 10.1. The highest BCUT2D eigenvalue weighted by atomic mass is 16.6. The summed E-state index contributed by atoms with van der Waals surface area (Å²) in [7, 11) is 1.82. The highest BCUT2D eigenvalue weighted by molar-refractivity contribution is 5.58. The second kappa shape index (κ2) is 5.18. The smallest absolute Gasteiger partial charge is 0.287 e. The molecule has 0 fully saturated rings. The van der Waals surface area contributed by atoms with Crippen LogP contribution < -0.4 is 5.32 Å². The Labute approximate surface area is 109 Å². The summed E-state index contributed by atoms with van der Waals surface area (Å²) in [6.07, 6.45) is 1.83. The van der Waals surface area contributed by atoms with Crippen molar-refractivity contribution in [2.75, 3.05) is 5.32 Å². The Morgan fingerprint density at radius 3 is 2.89 bits per heavy atom. The molecule has 0 aliphatic rings. The second-order valence-corrected chi connectivity index (χ2v) is 3.94. The van der Waals surface area contributed by atoms with Crippen molar-refractivity contribution in [2.24, 2.45) is 7.05 Å². The molecule has 96 valence electrons. The first-order valence-corrected chi connectivity index (χ1v) is 5.51. The summed E-state index contributed by atoms with van der Waals surface area (Å²) in [5.41, 5.74) is 1.34. The molecule has 19 heavy (non-hydrogen) atoms. The maximum absolute atomic E-state index is 10.7. The van der Waals surface area contributed by atoms with Crippen molar-refractivity contribution in [3.63, 3.8) is 0 Å². The van der Waals surface area contributed by atoms with Crippen molar-refractivity contribution in [1.82, 2.24) is 9.78 Å². The van der Waals surface area contributed by atoms with Crippen LogP contribution in [0.3, 0.4) is 0 Å². The van der Waals surface area contributed by atoms with Gasteiger partial charge in [-0.15, -0.1) is 0 Å². The fourth-order valence-corrected chi connectivity index (χ4v) is 1.64. The van der Waals surface area contributed by atoms with E-state index in [1.165, 1.54) is 12.1 Å². The lowest BCUT2D eigenvalue weighted by Crippen LogP contribution is -2.02. The number of aryl methyl sites for hydroxylation is 1. The Balaban J connectivity index is 2.14. The van der Waals surface area contributed by atoms with Gasteiger partial charge in [0.1, 0.15) is 11.6 Å². The maximum atomic E-state index is 10.7. The van der Waals surface area contributed by atoms with Gasteiger partial charge in [-0.25, -0.2) is 0 Å². The fraction of sp³-hybridized carbons (Fsp3) is 0.167. The molecule has 7 nitrogen and oxygen atoms in total. The summed E-state index contributed by atoms with van der Waals surface area (Å²) in [5.74, 6) is 0. The summed E-state index contributed by atoms with van der Waals surface area (Å²) in [6, 6.07) is 8.03. The molecule has 1 aromatic carbocycles. The predicted octanol–water partition coefficient (Wildman–Crippen LogP) is 1.81. The first-order chi connectivity index (χ1) is 9.10. The molecule has 0 saturated heterocycles. The summed E-state index contributed by atoms with van der Waals surface area (Å²) >= 11 is 0. The van der Waals surface area contributed by atoms with Crippen LogP contribution in [0.25, 0.3) is 0 Å². The van der Waals surface area contributed by atoms with E-state index in [-0.39, 0.29) is 11.3 Å². The van der Waals surface area contributed by atoms with Gasteiger partial charge in [0.05, 0.1) is 17.2 Å². The molecule has 1 heterocycles. The number of benzene rings is 1. The lowest BCUT2D eigenvalue weighted by Gasteiger charge is -2.04. The zero-order valence-electron chi connectivity index (χ0n) is 10.2. The zero-order valence-corrected chi connectivity index (χ0v) is 10.2. The lowest BCUT2D eigenvalue weighted by molar-refractivity contribution is -0.385. The van der Waals surface area contributed by atoms with Gasteiger partial charge in [-0.1, -0.05) is 0 Å². The van der Waals surface area contributed by atoms with E-state index in [1.54, 1.807) is 10.7 Å². The SMILES string of the molecule is Cn1ccc(CNc2ccc([N+](=O)[O-])c(C#N)c2)n1. The van der Waals surface area contributed by atoms with Crippen LogP contribution in [0.1, 0.15) is 11.3 Å². The van der Waals surface area contributed by atoms with Crippen LogP contribution in [0, 0.1) is 21.4 Å². The van der Waals surface area contributed by atoms with Gasteiger partial charge in [-0.3, -0.25) is 14.8 Å². The third kappa shape index (κ3) is 2.87. The molecule has 2 aromatic rings. The van der Waals surface area contributed by atoms with Gasteiger partial charge >= 0.3 is 0 Å². The molecule has 0 radical (unpaired) electrons. The molecule has 0 bridgehead atoms. The minimum absolute atomic E-state index is 0.0380. The number of nitro benzene ring substituents is 1. The van der Waals surface area contributed by atoms with Crippen molar-refractivity contribution >= 4 is 11.4 Å². The number of nitrogens with one attached hydrogen (secondary N) is 1. The van der Waals surface area contributed by atoms with Crippen molar-refractivity contribution in [3.05, 3.63) is 51.8 Å². The monoisotopic (exact) mass is 257 g/mol. The highest BCUT2D eigenvalue weighted by Crippen LogP contribution is 2.22. The Bertz CT molecular complexity index is 656. The highest BCUT2D eigenvalue weighted by Gasteiger charge is 2.13. The minimum Gasteiger partial charge on any atom is -0.379 e. The number of hydrogen-bond acceptors (Lipinski definition) is 5. The minimum atomic E-state index is -0.568. The molecular weight excluding hydrogens is 246 g/mol. The molecule has 0 unspecified atom stereocenters. The number of nitro groups is 1. The summed E-state index contributed by atoms with van der Waals surface area (Å²) in [6.45, 7) is 0.490. The van der Waals surface area contributed by atoms with E-state index < -0.39 is 4.92 Å². The molecule has 7 heteroatoms. The van der Waals surface area contributed by atoms with Crippen molar-refractivity contribution in [1.29, 1.82) is 5.26 Å². The summed E-state index contributed by atoms with van der Waals surface area (Å²) < 4.78 is 1.69. The van der Waals surface area contributed by atoms with E-state index in [0.29, 0.717) is 12.2 Å². The molecule has 2 rings (SSSR count). The normalized spacial score (nSPS) is 9.89. The molecule has 0 spiro atoms. The Morgan fingerprint density at radius 1 is 1.53 bits per heavy atom. The average Bonchev–Trinajstić information content (AvgIpc) is 2.81. The van der Waals surface area contributed by atoms with Gasteiger partial charge in [-0.05, 0) is 18.2 Å². The van der Waals surface area contributed by atoms with E-state index in [2.05, 4.69) is 10.4 Å². The Morgan fingerprint density at radius 2 is 2.32 bits per heavy atom. The van der Waals surface area contributed by atoms with Crippen LogP contribution in [0.5, 0.6) is 0 Å². The van der Waals surface area contributed by atoms with Crippen LogP contribution in [0.15, 0.2) is 30.5 Å². The Hall–Kier alpha value is -2.88. The van der Waals surface area contributed by atoms with E-state index >= 15 is 0 Å².